The van der Waals surface area contributed by atoms with Crippen LogP contribution in [0.4, 0.5) is 0 Å². The Hall–Kier alpha value is -1.32. The minimum atomic E-state index is 0.676. The third kappa shape index (κ3) is 2.17. The molecular weight excluding hydrogens is 324 g/mol. The number of aromatic nitrogens is 2. The summed E-state index contributed by atoms with van der Waals surface area (Å²) in [6.45, 7) is 4.19. The van der Waals surface area contributed by atoms with Gasteiger partial charge in [0.1, 0.15) is 5.82 Å². The van der Waals surface area contributed by atoms with Crippen LogP contribution in [0.25, 0.3) is 22.4 Å². The van der Waals surface area contributed by atoms with E-state index in [0.29, 0.717) is 5.02 Å². The summed E-state index contributed by atoms with van der Waals surface area (Å²) in [5, 5.41) is 0.676. The molecule has 0 unspecified atom stereocenters. The molecule has 1 heterocycles. The maximum atomic E-state index is 6.31. The van der Waals surface area contributed by atoms with E-state index in [2.05, 4.69) is 51.9 Å². The van der Waals surface area contributed by atoms with Crippen molar-refractivity contribution < 1.29 is 0 Å². The number of hydrogen-bond acceptors (Lipinski definition) is 1. The van der Waals surface area contributed by atoms with Crippen LogP contribution in [-0.4, -0.2) is 9.97 Å². The van der Waals surface area contributed by atoms with Crippen LogP contribution < -0.4 is 0 Å². The zero-order valence-corrected chi connectivity index (χ0v) is 12.9. The Morgan fingerprint density at radius 2 is 1.89 bits per heavy atom. The van der Waals surface area contributed by atoms with Crippen molar-refractivity contribution in [3.63, 3.8) is 0 Å². The Bertz CT molecular complexity index is 738. The lowest BCUT2D eigenvalue weighted by Crippen LogP contribution is -1.82. The number of aromatic amines is 1. The van der Waals surface area contributed by atoms with Gasteiger partial charge >= 0.3 is 0 Å². The summed E-state index contributed by atoms with van der Waals surface area (Å²) in [5.41, 5.74) is 5.40. The lowest BCUT2D eigenvalue weighted by atomic mass is 10.1. The molecule has 0 aliphatic carbocycles. The number of benzene rings is 2. The summed E-state index contributed by atoms with van der Waals surface area (Å²) >= 11 is 9.75. The molecule has 19 heavy (non-hydrogen) atoms. The highest BCUT2D eigenvalue weighted by molar-refractivity contribution is 9.10. The van der Waals surface area contributed by atoms with E-state index in [0.717, 1.165) is 26.9 Å². The number of hydrogen-bond donors (Lipinski definition) is 1. The number of aryl methyl sites for hydroxylation is 2. The highest BCUT2D eigenvalue weighted by Crippen LogP contribution is 2.33. The molecule has 3 rings (SSSR count). The number of fused-ring (bicyclic) bond motifs is 1. The average molecular weight is 336 g/mol. The van der Waals surface area contributed by atoms with Gasteiger partial charge in [0, 0.05) is 10.0 Å². The van der Waals surface area contributed by atoms with Crippen molar-refractivity contribution in [2.75, 3.05) is 0 Å². The van der Waals surface area contributed by atoms with Crippen LogP contribution in [0, 0.1) is 13.8 Å². The minimum absolute atomic E-state index is 0.676. The molecule has 1 N–H and O–H groups in total. The summed E-state index contributed by atoms with van der Waals surface area (Å²) in [6.07, 6.45) is 0. The molecule has 96 valence electrons. The van der Waals surface area contributed by atoms with Crippen LogP contribution in [0.5, 0.6) is 0 Å². The minimum Gasteiger partial charge on any atom is -0.338 e. The number of H-pyrrole nitrogens is 1. The summed E-state index contributed by atoms with van der Waals surface area (Å²) in [4.78, 5) is 7.96. The monoisotopic (exact) mass is 334 g/mol. The fourth-order valence-electron chi connectivity index (χ4n) is 2.08. The maximum Gasteiger partial charge on any atom is 0.140 e. The van der Waals surface area contributed by atoms with Crippen LogP contribution in [0.1, 0.15) is 11.1 Å². The van der Waals surface area contributed by atoms with E-state index in [1.807, 2.05) is 18.2 Å². The van der Waals surface area contributed by atoms with Crippen LogP contribution in [0.2, 0.25) is 5.02 Å². The van der Waals surface area contributed by atoms with E-state index < -0.39 is 0 Å². The van der Waals surface area contributed by atoms with Crippen molar-refractivity contribution in [3.05, 3.63) is 51.0 Å². The maximum absolute atomic E-state index is 6.31. The first-order valence-corrected chi connectivity index (χ1v) is 7.14. The van der Waals surface area contributed by atoms with Crippen molar-refractivity contribution in [3.8, 4) is 11.4 Å². The number of nitrogens with zero attached hydrogens (tertiary/aromatic N) is 1. The molecule has 0 radical (unpaired) electrons. The summed E-state index contributed by atoms with van der Waals surface area (Å²) in [7, 11) is 0. The molecule has 0 aliphatic rings. The Labute approximate surface area is 124 Å². The standard InChI is InChI=1S/C15H12BrClN2/c1-8-6-12-13(7-9(8)2)19-15(18-12)10-4-3-5-11(16)14(10)17/h3-7H,1-2H3,(H,18,19). The van der Waals surface area contributed by atoms with E-state index >= 15 is 0 Å². The fourth-order valence-corrected chi connectivity index (χ4v) is 2.67. The van der Waals surface area contributed by atoms with E-state index in [1.165, 1.54) is 11.1 Å². The topological polar surface area (TPSA) is 28.7 Å². The van der Waals surface area contributed by atoms with Gasteiger partial charge in [-0.3, -0.25) is 0 Å². The van der Waals surface area contributed by atoms with Gasteiger partial charge in [-0.2, -0.15) is 0 Å². The molecule has 1 aromatic heterocycles. The molecule has 0 aliphatic heterocycles. The van der Waals surface area contributed by atoms with E-state index in [9.17, 15) is 0 Å². The van der Waals surface area contributed by atoms with Gasteiger partial charge in [0.2, 0.25) is 0 Å². The quantitative estimate of drug-likeness (QED) is 0.645. The van der Waals surface area contributed by atoms with Crippen molar-refractivity contribution in [1.29, 1.82) is 0 Å². The number of imidazole rings is 1. The zero-order valence-electron chi connectivity index (χ0n) is 10.6. The molecule has 0 fully saturated rings. The fraction of sp³-hybridized carbons (Fsp3) is 0.133. The predicted octanol–water partition coefficient (Wildman–Crippen LogP) is 5.26. The average Bonchev–Trinajstić information content (AvgIpc) is 2.76. The Kier molecular flexibility index (Phi) is 3.11. The first kappa shape index (κ1) is 12.7. The highest BCUT2D eigenvalue weighted by Gasteiger charge is 2.11. The normalized spacial score (nSPS) is 11.2. The highest BCUT2D eigenvalue weighted by atomic mass is 79.9. The van der Waals surface area contributed by atoms with E-state index in [4.69, 9.17) is 11.6 Å². The molecule has 0 bridgehead atoms. The number of rotatable bonds is 1. The third-order valence-corrected chi connectivity index (χ3v) is 4.60. The van der Waals surface area contributed by atoms with Crippen molar-refractivity contribution in [2.24, 2.45) is 0 Å². The molecule has 0 saturated heterocycles. The lowest BCUT2D eigenvalue weighted by Gasteiger charge is -2.01. The first-order valence-electron chi connectivity index (χ1n) is 5.97. The van der Waals surface area contributed by atoms with Gasteiger partial charge in [0.25, 0.3) is 0 Å². The van der Waals surface area contributed by atoms with Crippen molar-refractivity contribution >= 4 is 38.6 Å². The molecule has 0 saturated carbocycles. The van der Waals surface area contributed by atoms with Gasteiger partial charge in [-0.1, -0.05) is 17.7 Å². The van der Waals surface area contributed by atoms with Crippen LogP contribution in [-0.2, 0) is 0 Å². The summed E-state index contributed by atoms with van der Waals surface area (Å²) < 4.78 is 0.875. The van der Waals surface area contributed by atoms with Crippen molar-refractivity contribution in [2.45, 2.75) is 13.8 Å². The second-order valence-corrected chi connectivity index (χ2v) is 5.87. The molecule has 2 nitrogen and oxygen atoms in total. The van der Waals surface area contributed by atoms with E-state index in [1.54, 1.807) is 0 Å². The second kappa shape index (κ2) is 4.66. The lowest BCUT2D eigenvalue weighted by molar-refractivity contribution is 1.33. The first-order chi connectivity index (χ1) is 9.06. The van der Waals surface area contributed by atoms with Gasteiger partial charge in [0.15, 0.2) is 0 Å². The molecule has 0 amide bonds. The molecular formula is C15H12BrClN2. The van der Waals surface area contributed by atoms with Crippen LogP contribution >= 0.6 is 27.5 Å². The molecule has 3 aromatic rings. The SMILES string of the molecule is Cc1cc2nc(-c3cccc(Br)c3Cl)[nH]c2cc1C. The molecule has 2 aromatic carbocycles. The Balaban J connectivity index is 2.23. The Morgan fingerprint density at radius 3 is 2.68 bits per heavy atom. The van der Waals surface area contributed by atoms with Gasteiger partial charge in [-0.05, 0) is 65.2 Å². The zero-order chi connectivity index (χ0) is 13.6. The van der Waals surface area contributed by atoms with Crippen LogP contribution in [0.15, 0.2) is 34.8 Å². The largest absolute Gasteiger partial charge is 0.338 e. The molecule has 0 atom stereocenters. The third-order valence-electron chi connectivity index (χ3n) is 3.30. The molecule has 0 spiro atoms. The smallest absolute Gasteiger partial charge is 0.140 e. The summed E-state index contributed by atoms with van der Waals surface area (Å²) in [5.74, 6) is 0.798. The summed E-state index contributed by atoms with van der Waals surface area (Å²) in [6, 6.07) is 10.0. The van der Waals surface area contributed by atoms with Crippen molar-refractivity contribution in [1.82, 2.24) is 9.97 Å². The van der Waals surface area contributed by atoms with Gasteiger partial charge in [-0.25, -0.2) is 4.98 Å². The number of nitrogens with one attached hydrogen (secondary N) is 1. The number of halogens is 2. The molecule has 4 heteroatoms. The van der Waals surface area contributed by atoms with Gasteiger partial charge < -0.3 is 4.98 Å². The van der Waals surface area contributed by atoms with Gasteiger partial charge in [-0.15, -0.1) is 0 Å². The predicted molar refractivity (Wildman–Crippen MR) is 83.7 cm³/mol. The van der Waals surface area contributed by atoms with E-state index in [-0.39, 0.29) is 0 Å². The van der Waals surface area contributed by atoms with Crippen LogP contribution in [0.3, 0.4) is 0 Å². The Morgan fingerprint density at radius 1 is 1.16 bits per heavy atom. The van der Waals surface area contributed by atoms with Gasteiger partial charge in [0.05, 0.1) is 16.1 Å². The second-order valence-electron chi connectivity index (χ2n) is 4.64.